The molecule has 154 valence electrons. The van der Waals surface area contributed by atoms with Gasteiger partial charge in [0.05, 0.1) is 38.7 Å². The minimum Gasteiger partial charge on any atom is -0.276 e. The van der Waals surface area contributed by atoms with E-state index < -0.39 is 10.0 Å². The Balaban J connectivity index is 1.94. The van der Waals surface area contributed by atoms with E-state index in [1.54, 1.807) is 37.6 Å². The molecule has 10 heteroatoms. The first-order chi connectivity index (χ1) is 13.5. The lowest BCUT2D eigenvalue weighted by molar-refractivity contribution is 0.601. The van der Waals surface area contributed by atoms with Gasteiger partial charge in [0, 0.05) is 5.02 Å². The van der Waals surface area contributed by atoms with Gasteiger partial charge in [0.2, 0.25) is 0 Å². The lowest BCUT2D eigenvalue weighted by atomic mass is 10.2. The van der Waals surface area contributed by atoms with Crippen molar-refractivity contribution < 1.29 is 8.42 Å². The van der Waals surface area contributed by atoms with Gasteiger partial charge in [-0.1, -0.05) is 52.5 Å². The van der Waals surface area contributed by atoms with E-state index in [1.807, 2.05) is 6.07 Å². The Hall–Kier alpha value is -1.44. The number of hydrogen-bond donors (Lipinski definition) is 1. The van der Waals surface area contributed by atoms with Gasteiger partial charge in [-0.25, -0.2) is 8.42 Å². The number of sulfonamides is 1. The van der Waals surface area contributed by atoms with Crippen molar-refractivity contribution in [2.24, 2.45) is 0 Å². The first-order valence-corrected chi connectivity index (χ1v) is 11.5. The normalized spacial score (nSPS) is 11.7. The molecule has 0 aliphatic rings. The maximum Gasteiger partial charge on any atom is 0.263 e. The Labute approximate surface area is 189 Å². The Morgan fingerprint density at radius 2 is 1.62 bits per heavy atom. The van der Waals surface area contributed by atoms with Crippen LogP contribution in [-0.4, -0.2) is 18.2 Å². The molecule has 0 saturated heterocycles. The van der Waals surface area contributed by atoms with Gasteiger partial charge in [-0.15, -0.1) is 0 Å². The van der Waals surface area contributed by atoms with Crippen LogP contribution in [0.3, 0.4) is 0 Å². The first kappa shape index (κ1) is 22.2. The van der Waals surface area contributed by atoms with E-state index >= 15 is 0 Å². The molecule has 0 bridgehead atoms. The van der Waals surface area contributed by atoms with Crippen LogP contribution in [0.5, 0.6) is 0 Å². The van der Waals surface area contributed by atoms with Crippen molar-refractivity contribution in [3.8, 4) is 0 Å². The minimum atomic E-state index is -3.93. The molecule has 1 aromatic heterocycles. The number of nitrogens with one attached hydrogen (secondary N) is 1. The summed E-state index contributed by atoms with van der Waals surface area (Å²) in [5.74, 6) is 0. The molecule has 0 aliphatic carbocycles. The molecule has 0 spiro atoms. The van der Waals surface area contributed by atoms with Gasteiger partial charge >= 0.3 is 0 Å². The summed E-state index contributed by atoms with van der Waals surface area (Å²) < 4.78 is 30.2. The van der Waals surface area contributed by atoms with E-state index in [2.05, 4.69) is 9.82 Å². The number of anilines is 1. The fourth-order valence-electron chi connectivity index (χ4n) is 2.84. The molecule has 1 N–H and O–H groups in total. The largest absolute Gasteiger partial charge is 0.276 e. The summed E-state index contributed by atoms with van der Waals surface area (Å²) >= 11 is 24.2. The minimum absolute atomic E-state index is 0.0444. The van der Waals surface area contributed by atoms with E-state index in [-0.39, 0.29) is 9.92 Å². The topological polar surface area (TPSA) is 64.0 Å². The third-order valence-electron chi connectivity index (χ3n) is 4.44. The van der Waals surface area contributed by atoms with Crippen molar-refractivity contribution in [3.63, 3.8) is 0 Å². The van der Waals surface area contributed by atoms with Gasteiger partial charge in [0.1, 0.15) is 4.90 Å². The van der Waals surface area contributed by atoms with Gasteiger partial charge in [-0.2, -0.15) is 5.10 Å². The molecule has 2 aromatic carbocycles. The summed E-state index contributed by atoms with van der Waals surface area (Å²) in [6, 6.07) is 8.16. The number of rotatable bonds is 5. The Kier molecular flexibility index (Phi) is 6.41. The van der Waals surface area contributed by atoms with Crippen LogP contribution in [0.15, 0.2) is 35.2 Å². The predicted octanol–water partition coefficient (Wildman–Crippen LogP) is 6.27. The number of halogens is 4. The van der Waals surface area contributed by atoms with Crippen LogP contribution in [0, 0.1) is 20.8 Å². The predicted molar refractivity (Wildman–Crippen MR) is 119 cm³/mol. The van der Waals surface area contributed by atoms with Crippen molar-refractivity contribution in [3.05, 3.63) is 72.9 Å². The highest BCUT2D eigenvalue weighted by atomic mass is 35.5. The molecule has 0 fully saturated rings. The number of benzene rings is 2. The molecule has 0 atom stereocenters. The van der Waals surface area contributed by atoms with Crippen LogP contribution < -0.4 is 4.72 Å². The van der Waals surface area contributed by atoms with E-state index in [0.717, 1.165) is 5.56 Å². The summed E-state index contributed by atoms with van der Waals surface area (Å²) in [6.07, 6.45) is 0. The first-order valence-electron chi connectivity index (χ1n) is 8.46. The molecule has 3 rings (SSSR count). The molecule has 0 saturated carbocycles. The van der Waals surface area contributed by atoms with Crippen LogP contribution in [0.2, 0.25) is 20.1 Å². The summed E-state index contributed by atoms with van der Waals surface area (Å²) in [4.78, 5) is -0.0444. The number of aromatic nitrogens is 2. The second-order valence-corrected chi connectivity index (χ2v) is 9.87. The molecule has 29 heavy (non-hydrogen) atoms. The molecular formula is C19H17Cl4N3O2S. The van der Waals surface area contributed by atoms with Crippen LogP contribution in [0.4, 0.5) is 5.69 Å². The lowest BCUT2D eigenvalue weighted by Crippen LogP contribution is -2.15. The smallest absolute Gasteiger partial charge is 0.263 e. The van der Waals surface area contributed by atoms with Gasteiger partial charge < -0.3 is 0 Å². The van der Waals surface area contributed by atoms with Gasteiger partial charge in [-0.3, -0.25) is 9.40 Å². The third kappa shape index (κ3) is 4.67. The maximum absolute atomic E-state index is 12.9. The van der Waals surface area contributed by atoms with Crippen molar-refractivity contribution in [1.29, 1.82) is 0 Å². The zero-order valence-electron chi connectivity index (χ0n) is 15.7. The molecule has 0 radical (unpaired) electrons. The number of aryl methyl sites for hydroxylation is 2. The number of nitrogens with zero attached hydrogens (tertiary/aromatic N) is 2. The fraction of sp³-hybridized carbons (Fsp3) is 0.211. The van der Waals surface area contributed by atoms with Crippen molar-refractivity contribution >= 4 is 62.1 Å². The zero-order chi connectivity index (χ0) is 21.5. The summed E-state index contributed by atoms with van der Waals surface area (Å²) in [6.45, 7) is 5.63. The highest BCUT2D eigenvalue weighted by Crippen LogP contribution is 2.31. The molecule has 0 amide bonds. The fourth-order valence-corrected chi connectivity index (χ4v) is 5.17. The van der Waals surface area contributed by atoms with Crippen molar-refractivity contribution in [1.82, 2.24) is 9.78 Å². The second kappa shape index (κ2) is 8.36. The van der Waals surface area contributed by atoms with Gasteiger partial charge in [0.25, 0.3) is 10.0 Å². The Bertz CT molecular complexity index is 1210. The SMILES string of the molecule is Cc1cc(S(=O)(=O)Nc2c(C)nn(Cc3ccc(Cl)c(Cl)c3)c2C)c(Cl)cc1Cl. The third-order valence-corrected chi connectivity index (χ3v) is 7.40. The summed E-state index contributed by atoms with van der Waals surface area (Å²) in [7, 11) is -3.93. The standard InChI is InChI=1S/C19H17Cl4N3O2S/c1-10-6-18(17(23)8-15(10)21)29(27,28)25-19-11(2)24-26(12(19)3)9-13-4-5-14(20)16(22)7-13/h4-8,25H,9H2,1-3H3. The average Bonchev–Trinajstić information content (AvgIpc) is 2.88. The van der Waals surface area contributed by atoms with Crippen molar-refractivity contribution in [2.75, 3.05) is 4.72 Å². The highest BCUT2D eigenvalue weighted by molar-refractivity contribution is 7.92. The van der Waals surface area contributed by atoms with E-state index in [9.17, 15) is 8.42 Å². The lowest BCUT2D eigenvalue weighted by Gasteiger charge is -2.12. The monoisotopic (exact) mass is 491 g/mol. The quantitative estimate of drug-likeness (QED) is 0.456. The van der Waals surface area contributed by atoms with E-state index in [4.69, 9.17) is 46.4 Å². The molecule has 0 aliphatic heterocycles. The van der Waals surface area contributed by atoms with Crippen molar-refractivity contribution in [2.45, 2.75) is 32.2 Å². The maximum atomic E-state index is 12.9. The van der Waals surface area contributed by atoms with Gasteiger partial charge in [0.15, 0.2) is 0 Å². The van der Waals surface area contributed by atoms with Crippen LogP contribution >= 0.6 is 46.4 Å². The molecular weight excluding hydrogens is 476 g/mol. The van der Waals surface area contributed by atoms with Crippen LogP contribution in [0.25, 0.3) is 0 Å². The molecule has 0 unspecified atom stereocenters. The van der Waals surface area contributed by atoms with Crippen LogP contribution in [-0.2, 0) is 16.6 Å². The van der Waals surface area contributed by atoms with E-state index in [0.29, 0.717) is 44.3 Å². The summed E-state index contributed by atoms with van der Waals surface area (Å²) in [5, 5.41) is 5.80. The highest BCUT2D eigenvalue weighted by Gasteiger charge is 2.23. The van der Waals surface area contributed by atoms with Gasteiger partial charge in [-0.05, 0) is 56.2 Å². The Morgan fingerprint density at radius 3 is 2.28 bits per heavy atom. The number of hydrogen-bond acceptors (Lipinski definition) is 3. The second-order valence-electron chi connectivity index (χ2n) is 6.59. The molecule has 3 aromatic rings. The average molecular weight is 493 g/mol. The summed E-state index contributed by atoms with van der Waals surface area (Å²) in [5.41, 5.74) is 3.08. The van der Waals surface area contributed by atoms with Crippen LogP contribution in [0.1, 0.15) is 22.5 Å². The van der Waals surface area contributed by atoms with E-state index in [1.165, 1.54) is 12.1 Å². The molecule has 1 heterocycles. The molecule has 5 nitrogen and oxygen atoms in total. The zero-order valence-corrected chi connectivity index (χ0v) is 19.6. The Morgan fingerprint density at radius 1 is 0.931 bits per heavy atom.